The van der Waals surface area contributed by atoms with E-state index in [1.165, 1.54) is 4.90 Å². The number of nitrogens with zero attached hydrogens (tertiary/aromatic N) is 1. The zero-order valence-corrected chi connectivity index (χ0v) is 13.9. The number of fused-ring (bicyclic) bond motifs is 1. The van der Waals surface area contributed by atoms with Gasteiger partial charge in [0.1, 0.15) is 6.54 Å². The largest absolute Gasteiger partial charge is 0.347 e. The van der Waals surface area contributed by atoms with Crippen LogP contribution in [0.25, 0.3) is 5.70 Å². The Kier molecular flexibility index (Phi) is 3.88. The second kappa shape index (κ2) is 6.20. The molecular formula is C21H20N2O2. The summed E-state index contributed by atoms with van der Waals surface area (Å²) in [7, 11) is 0. The summed E-state index contributed by atoms with van der Waals surface area (Å²) in [5, 5.41) is 3.12. The van der Waals surface area contributed by atoms with Crippen LogP contribution in [0.3, 0.4) is 0 Å². The first kappa shape index (κ1) is 15.6. The molecule has 1 aliphatic heterocycles. The lowest BCUT2D eigenvalue weighted by Gasteiger charge is -2.22. The number of benzene rings is 2. The van der Waals surface area contributed by atoms with Crippen molar-refractivity contribution in [1.82, 2.24) is 10.2 Å². The lowest BCUT2D eigenvalue weighted by atomic mass is 10.0. The second-order valence-corrected chi connectivity index (χ2v) is 6.68. The number of amides is 2. The lowest BCUT2D eigenvalue weighted by molar-refractivity contribution is -0.122. The Morgan fingerprint density at radius 2 is 1.72 bits per heavy atom. The first-order chi connectivity index (χ1) is 12.1. The number of nitrogens with one attached hydrogen (secondary N) is 1. The first-order valence-corrected chi connectivity index (χ1v) is 8.59. The van der Waals surface area contributed by atoms with Gasteiger partial charge in [-0.05, 0) is 30.4 Å². The SMILES string of the molecule is C=C1c2ccccc2C(=O)N1CC(=O)NC(c1ccccc1)C1CC1. The van der Waals surface area contributed by atoms with Crippen LogP contribution >= 0.6 is 0 Å². The van der Waals surface area contributed by atoms with Gasteiger partial charge in [0.15, 0.2) is 0 Å². The van der Waals surface area contributed by atoms with E-state index in [9.17, 15) is 9.59 Å². The molecule has 0 spiro atoms. The Balaban J connectivity index is 1.47. The van der Waals surface area contributed by atoms with Crippen molar-refractivity contribution in [3.63, 3.8) is 0 Å². The van der Waals surface area contributed by atoms with Crippen LogP contribution in [-0.2, 0) is 4.79 Å². The number of carbonyl (C=O) groups excluding carboxylic acids is 2. The average Bonchev–Trinajstić information content (AvgIpc) is 3.45. The van der Waals surface area contributed by atoms with Gasteiger partial charge in [0, 0.05) is 16.8 Å². The van der Waals surface area contributed by atoms with Gasteiger partial charge in [-0.1, -0.05) is 55.1 Å². The van der Waals surface area contributed by atoms with Gasteiger partial charge in [-0.25, -0.2) is 0 Å². The van der Waals surface area contributed by atoms with Gasteiger partial charge in [0.05, 0.1) is 6.04 Å². The van der Waals surface area contributed by atoms with Crippen LogP contribution in [0, 0.1) is 5.92 Å². The van der Waals surface area contributed by atoms with Crippen LogP contribution in [0.5, 0.6) is 0 Å². The molecule has 1 heterocycles. The molecule has 25 heavy (non-hydrogen) atoms. The van der Waals surface area contributed by atoms with Crippen molar-refractivity contribution in [2.75, 3.05) is 6.54 Å². The number of carbonyl (C=O) groups is 2. The van der Waals surface area contributed by atoms with Crippen LogP contribution in [0.15, 0.2) is 61.2 Å². The Hall–Kier alpha value is -2.88. The van der Waals surface area contributed by atoms with Gasteiger partial charge in [0.2, 0.25) is 5.91 Å². The Bertz CT molecular complexity index is 805. The van der Waals surface area contributed by atoms with Crippen molar-refractivity contribution in [2.45, 2.75) is 18.9 Å². The highest BCUT2D eigenvalue weighted by Crippen LogP contribution is 2.41. The third kappa shape index (κ3) is 2.95. The predicted molar refractivity (Wildman–Crippen MR) is 96.6 cm³/mol. The standard InChI is InChI=1S/C21H20N2O2/c1-14-17-9-5-6-10-18(17)21(25)23(14)13-19(24)22-20(16-11-12-16)15-7-3-2-4-8-15/h2-10,16,20H,1,11-13H2,(H,22,24). The zero-order chi connectivity index (χ0) is 17.4. The quantitative estimate of drug-likeness (QED) is 0.912. The van der Waals surface area contributed by atoms with Crippen molar-refractivity contribution in [1.29, 1.82) is 0 Å². The second-order valence-electron chi connectivity index (χ2n) is 6.68. The monoisotopic (exact) mass is 332 g/mol. The number of rotatable bonds is 5. The maximum atomic E-state index is 12.6. The van der Waals surface area contributed by atoms with Crippen LogP contribution in [-0.4, -0.2) is 23.3 Å². The average molecular weight is 332 g/mol. The molecule has 4 rings (SSSR count). The van der Waals surface area contributed by atoms with Gasteiger partial charge in [-0.15, -0.1) is 0 Å². The van der Waals surface area contributed by atoms with Crippen LogP contribution in [0.4, 0.5) is 0 Å². The topological polar surface area (TPSA) is 49.4 Å². The minimum absolute atomic E-state index is 0.00238. The van der Waals surface area contributed by atoms with E-state index in [1.807, 2.05) is 48.5 Å². The number of hydrogen-bond acceptors (Lipinski definition) is 2. The summed E-state index contributed by atoms with van der Waals surface area (Å²) in [6.45, 7) is 3.99. The molecule has 2 aliphatic rings. The molecule has 1 unspecified atom stereocenters. The maximum Gasteiger partial charge on any atom is 0.259 e. The van der Waals surface area contributed by atoms with Crippen LogP contribution in [0.2, 0.25) is 0 Å². The molecule has 0 radical (unpaired) electrons. The van der Waals surface area contributed by atoms with Crippen molar-refractivity contribution >= 4 is 17.5 Å². The maximum absolute atomic E-state index is 12.6. The van der Waals surface area contributed by atoms with E-state index in [4.69, 9.17) is 0 Å². The Morgan fingerprint density at radius 3 is 2.36 bits per heavy atom. The molecule has 2 aromatic carbocycles. The van der Waals surface area contributed by atoms with Gasteiger partial charge in [-0.3, -0.25) is 14.5 Å². The fourth-order valence-corrected chi connectivity index (χ4v) is 3.43. The molecule has 126 valence electrons. The van der Waals surface area contributed by atoms with Crippen molar-refractivity contribution < 1.29 is 9.59 Å². The van der Waals surface area contributed by atoms with Crippen molar-refractivity contribution in [3.8, 4) is 0 Å². The molecule has 2 aromatic rings. The highest BCUT2D eigenvalue weighted by Gasteiger charge is 2.35. The summed E-state index contributed by atoms with van der Waals surface area (Å²) < 4.78 is 0. The van der Waals surface area contributed by atoms with Crippen molar-refractivity contribution in [2.24, 2.45) is 5.92 Å². The van der Waals surface area contributed by atoms with E-state index in [-0.39, 0.29) is 24.4 Å². The first-order valence-electron chi connectivity index (χ1n) is 8.59. The molecule has 0 bridgehead atoms. The Labute approximate surface area is 147 Å². The fraction of sp³-hybridized carbons (Fsp3) is 0.238. The molecule has 4 nitrogen and oxygen atoms in total. The van der Waals surface area contributed by atoms with E-state index in [1.54, 1.807) is 6.07 Å². The van der Waals surface area contributed by atoms with Gasteiger partial charge >= 0.3 is 0 Å². The van der Waals surface area contributed by atoms with E-state index < -0.39 is 0 Å². The molecule has 1 fully saturated rings. The normalized spacial score (nSPS) is 17.4. The predicted octanol–water partition coefficient (Wildman–Crippen LogP) is 3.38. The van der Waals surface area contributed by atoms with E-state index in [0.29, 0.717) is 17.2 Å². The summed E-state index contributed by atoms with van der Waals surface area (Å²) >= 11 is 0. The third-order valence-corrected chi connectivity index (χ3v) is 4.91. The van der Waals surface area contributed by atoms with E-state index in [2.05, 4.69) is 11.9 Å². The van der Waals surface area contributed by atoms with Gasteiger partial charge in [-0.2, -0.15) is 0 Å². The Morgan fingerprint density at radius 1 is 1.08 bits per heavy atom. The molecule has 4 heteroatoms. The van der Waals surface area contributed by atoms with Crippen LogP contribution in [0.1, 0.15) is 40.4 Å². The van der Waals surface area contributed by atoms with E-state index >= 15 is 0 Å². The van der Waals surface area contributed by atoms with Crippen molar-refractivity contribution in [3.05, 3.63) is 77.9 Å². The third-order valence-electron chi connectivity index (χ3n) is 4.91. The summed E-state index contributed by atoms with van der Waals surface area (Å²) in [6.07, 6.45) is 2.25. The lowest BCUT2D eigenvalue weighted by Crippen LogP contribution is -2.39. The smallest absolute Gasteiger partial charge is 0.259 e. The molecule has 1 saturated carbocycles. The summed E-state index contributed by atoms with van der Waals surface area (Å²) in [4.78, 5) is 26.6. The van der Waals surface area contributed by atoms with Gasteiger partial charge in [0.25, 0.3) is 5.91 Å². The van der Waals surface area contributed by atoms with Gasteiger partial charge < -0.3 is 5.32 Å². The highest BCUT2D eigenvalue weighted by molar-refractivity contribution is 6.10. The van der Waals surface area contributed by atoms with E-state index in [0.717, 1.165) is 24.0 Å². The molecule has 2 amide bonds. The van der Waals surface area contributed by atoms with Crippen LogP contribution < -0.4 is 5.32 Å². The molecule has 0 aromatic heterocycles. The molecule has 1 aliphatic carbocycles. The summed E-state index contributed by atoms with van der Waals surface area (Å²) in [5.41, 5.74) is 3.14. The number of hydrogen-bond donors (Lipinski definition) is 1. The fourth-order valence-electron chi connectivity index (χ4n) is 3.43. The molecule has 1 atom stereocenters. The molecule has 1 N–H and O–H groups in total. The minimum Gasteiger partial charge on any atom is -0.347 e. The summed E-state index contributed by atoms with van der Waals surface area (Å²) in [6, 6.07) is 17.4. The minimum atomic E-state index is -0.154. The molecular weight excluding hydrogens is 312 g/mol. The zero-order valence-electron chi connectivity index (χ0n) is 13.9. The summed E-state index contributed by atoms with van der Waals surface area (Å²) in [5.74, 6) is 0.183. The molecule has 0 saturated heterocycles. The highest BCUT2D eigenvalue weighted by atomic mass is 16.2.